The zero-order chi connectivity index (χ0) is 14.5. The minimum absolute atomic E-state index is 0.0565. The first-order chi connectivity index (χ1) is 9.58. The van der Waals surface area contributed by atoms with Gasteiger partial charge in [0.05, 0.1) is 0 Å². The second-order valence-electron chi connectivity index (χ2n) is 4.80. The van der Waals surface area contributed by atoms with Gasteiger partial charge in [-0.15, -0.1) is 0 Å². The number of benzene rings is 1. The number of carbonyl (C=O) groups excluding carboxylic acids is 1. The second-order valence-corrected chi connectivity index (χ2v) is 4.80. The first kappa shape index (κ1) is 14.1. The Morgan fingerprint density at radius 3 is 2.55 bits per heavy atom. The van der Waals surface area contributed by atoms with Gasteiger partial charge in [0, 0.05) is 30.9 Å². The van der Waals surface area contributed by atoms with Crippen molar-refractivity contribution in [2.24, 2.45) is 0 Å². The summed E-state index contributed by atoms with van der Waals surface area (Å²) in [5, 5.41) is 2.85. The van der Waals surface area contributed by atoms with E-state index >= 15 is 0 Å². The maximum atomic E-state index is 11.8. The number of aromatic amines is 1. The minimum Gasteiger partial charge on any atom is -0.352 e. The number of aryl methyl sites for hydroxylation is 1. The summed E-state index contributed by atoms with van der Waals surface area (Å²) in [6, 6.07) is 9.74. The highest BCUT2D eigenvalue weighted by Crippen LogP contribution is 2.02. The van der Waals surface area contributed by atoms with Gasteiger partial charge in [-0.25, -0.2) is 4.79 Å². The summed E-state index contributed by atoms with van der Waals surface area (Å²) in [6.45, 7) is 4.63. The molecule has 0 unspecified atom stereocenters. The van der Waals surface area contributed by atoms with E-state index in [1.165, 1.54) is 0 Å². The highest BCUT2D eigenvalue weighted by Gasteiger charge is 2.08. The molecule has 0 aliphatic rings. The molecule has 0 fully saturated rings. The lowest BCUT2D eigenvalue weighted by atomic mass is 10.2. The van der Waals surface area contributed by atoms with Crippen LogP contribution in [-0.4, -0.2) is 15.5 Å². The van der Waals surface area contributed by atoms with E-state index in [0.717, 1.165) is 17.0 Å². The van der Waals surface area contributed by atoms with Gasteiger partial charge in [-0.1, -0.05) is 30.3 Å². The number of nitrogens with zero attached hydrogens (tertiary/aromatic N) is 1. The van der Waals surface area contributed by atoms with Crippen molar-refractivity contribution in [3.8, 4) is 0 Å². The van der Waals surface area contributed by atoms with Crippen molar-refractivity contribution in [3.05, 3.63) is 57.8 Å². The van der Waals surface area contributed by atoms with Gasteiger partial charge < -0.3 is 10.3 Å². The number of hydrogen-bond donors (Lipinski definition) is 2. The van der Waals surface area contributed by atoms with Crippen LogP contribution >= 0.6 is 0 Å². The van der Waals surface area contributed by atoms with Crippen LogP contribution in [-0.2, 0) is 17.9 Å². The van der Waals surface area contributed by atoms with E-state index in [9.17, 15) is 9.59 Å². The first-order valence-electron chi connectivity index (χ1n) is 6.64. The third-order valence-corrected chi connectivity index (χ3v) is 3.38. The normalized spacial score (nSPS) is 10.5. The molecule has 1 amide bonds. The quantitative estimate of drug-likeness (QED) is 0.867. The maximum absolute atomic E-state index is 11.8. The monoisotopic (exact) mass is 273 g/mol. The van der Waals surface area contributed by atoms with E-state index in [1.807, 2.05) is 44.2 Å². The summed E-state index contributed by atoms with van der Waals surface area (Å²) < 4.78 is 1.59. The Bertz CT molecular complexity index is 641. The molecule has 2 N–H and O–H groups in total. The smallest absolute Gasteiger partial charge is 0.325 e. The molecule has 0 saturated carbocycles. The van der Waals surface area contributed by atoms with Crippen LogP contribution in [0.15, 0.2) is 35.1 Å². The second kappa shape index (κ2) is 6.23. The molecule has 0 radical (unpaired) electrons. The Morgan fingerprint density at radius 2 is 1.95 bits per heavy atom. The number of rotatable bonds is 5. The van der Waals surface area contributed by atoms with Crippen LogP contribution in [0.25, 0.3) is 0 Å². The van der Waals surface area contributed by atoms with Crippen molar-refractivity contribution in [1.29, 1.82) is 0 Å². The highest BCUT2D eigenvalue weighted by atomic mass is 16.2. The summed E-state index contributed by atoms with van der Waals surface area (Å²) in [7, 11) is 0. The molecule has 1 heterocycles. The van der Waals surface area contributed by atoms with Crippen LogP contribution < -0.4 is 11.0 Å². The third kappa shape index (κ3) is 3.38. The molecule has 2 aromatic rings. The molecule has 20 heavy (non-hydrogen) atoms. The Balaban J connectivity index is 1.85. The lowest BCUT2D eigenvalue weighted by Gasteiger charge is -2.06. The summed E-state index contributed by atoms with van der Waals surface area (Å²) in [5.41, 5.74) is 2.63. The molecule has 1 aromatic carbocycles. The number of hydrogen-bond acceptors (Lipinski definition) is 2. The van der Waals surface area contributed by atoms with E-state index in [4.69, 9.17) is 0 Å². The van der Waals surface area contributed by atoms with E-state index < -0.39 is 0 Å². The van der Waals surface area contributed by atoms with Crippen molar-refractivity contribution in [1.82, 2.24) is 14.9 Å². The van der Waals surface area contributed by atoms with Crippen molar-refractivity contribution < 1.29 is 4.79 Å². The predicted octanol–water partition coefficient (Wildman–Crippen LogP) is 1.50. The standard InChI is InChI=1S/C15H19N3O2/c1-11-12(2)18(15(20)17-11)9-8-14(19)16-10-13-6-4-3-5-7-13/h3-7H,8-10H2,1-2H3,(H,16,19)(H,17,20). The van der Waals surface area contributed by atoms with Crippen LogP contribution in [0.2, 0.25) is 0 Å². The molecule has 5 nitrogen and oxygen atoms in total. The van der Waals surface area contributed by atoms with Gasteiger partial charge in [-0.05, 0) is 19.4 Å². The van der Waals surface area contributed by atoms with Crippen LogP contribution in [0.1, 0.15) is 23.4 Å². The van der Waals surface area contributed by atoms with Gasteiger partial charge in [-0.2, -0.15) is 0 Å². The molecule has 1 aromatic heterocycles. The van der Waals surface area contributed by atoms with E-state index in [2.05, 4.69) is 10.3 Å². The van der Waals surface area contributed by atoms with Crippen molar-refractivity contribution in [2.45, 2.75) is 33.4 Å². The highest BCUT2D eigenvalue weighted by molar-refractivity contribution is 5.75. The molecule has 0 atom stereocenters. The molecule has 0 spiro atoms. The predicted molar refractivity (Wildman–Crippen MR) is 77.4 cm³/mol. The van der Waals surface area contributed by atoms with Crippen molar-refractivity contribution >= 4 is 5.91 Å². The Morgan fingerprint density at radius 1 is 1.25 bits per heavy atom. The Kier molecular flexibility index (Phi) is 4.40. The zero-order valence-electron chi connectivity index (χ0n) is 11.8. The van der Waals surface area contributed by atoms with Crippen LogP contribution in [0, 0.1) is 13.8 Å². The minimum atomic E-state index is -0.157. The molecule has 2 rings (SSSR count). The summed E-state index contributed by atoms with van der Waals surface area (Å²) >= 11 is 0. The lowest BCUT2D eigenvalue weighted by molar-refractivity contribution is -0.121. The fraction of sp³-hybridized carbons (Fsp3) is 0.333. The van der Waals surface area contributed by atoms with Crippen molar-refractivity contribution in [2.75, 3.05) is 0 Å². The summed E-state index contributed by atoms with van der Waals surface area (Å²) in [6.07, 6.45) is 0.297. The SMILES string of the molecule is Cc1[nH]c(=O)n(CCC(=O)NCc2ccccc2)c1C. The molecule has 0 saturated heterocycles. The van der Waals surface area contributed by atoms with Gasteiger partial charge in [0.15, 0.2) is 0 Å². The van der Waals surface area contributed by atoms with Crippen LogP contribution in [0.3, 0.4) is 0 Å². The average Bonchev–Trinajstić information content (AvgIpc) is 2.69. The van der Waals surface area contributed by atoms with Gasteiger partial charge >= 0.3 is 5.69 Å². The largest absolute Gasteiger partial charge is 0.352 e. The van der Waals surface area contributed by atoms with E-state index in [1.54, 1.807) is 4.57 Å². The maximum Gasteiger partial charge on any atom is 0.325 e. The van der Waals surface area contributed by atoms with Gasteiger partial charge in [0.2, 0.25) is 5.91 Å². The molecule has 5 heteroatoms. The molecule has 0 aliphatic carbocycles. The van der Waals surface area contributed by atoms with Gasteiger partial charge in [0.25, 0.3) is 0 Å². The van der Waals surface area contributed by atoms with Crippen LogP contribution in [0.5, 0.6) is 0 Å². The molecule has 0 aliphatic heterocycles. The van der Waals surface area contributed by atoms with E-state index in [0.29, 0.717) is 19.5 Å². The third-order valence-electron chi connectivity index (χ3n) is 3.38. The van der Waals surface area contributed by atoms with E-state index in [-0.39, 0.29) is 11.6 Å². The van der Waals surface area contributed by atoms with Crippen molar-refractivity contribution in [3.63, 3.8) is 0 Å². The Hall–Kier alpha value is -2.30. The number of H-pyrrole nitrogens is 1. The molecular weight excluding hydrogens is 254 g/mol. The molecular formula is C15H19N3O2. The van der Waals surface area contributed by atoms with Crippen LogP contribution in [0.4, 0.5) is 0 Å². The van der Waals surface area contributed by atoms with Gasteiger partial charge in [0.1, 0.15) is 0 Å². The summed E-state index contributed by atoms with van der Waals surface area (Å²) in [4.78, 5) is 26.1. The van der Waals surface area contributed by atoms with Gasteiger partial charge in [-0.3, -0.25) is 9.36 Å². The fourth-order valence-corrected chi connectivity index (χ4v) is 2.04. The number of nitrogens with one attached hydrogen (secondary N) is 2. The molecule has 0 bridgehead atoms. The number of aromatic nitrogens is 2. The number of imidazole rings is 1. The number of carbonyl (C=O) groups is 1. The first-order valence-corrected chi connectivity index (χ1v) is 6.64. The Labute approximate surface area is 117 Å². The number of amides is 1. The fourth-order valence-electron chi connectivity index (χ4n) is 2.04. The topological polar surface area (TPSA) is 66.9 Å². The summed E-state index contributed by atoms with van der Waals surface area (Å²) in [5.74, 6) is -0.0565. The average molecular weight is 273 g/mol. The zero-order valence-corrected chi connectivity index (χ0v) is 11.8. The molecule has 106 valence electrons. The lowest BCUT2D eigenvalue weighted by Crippen LogP contribution is -2.26.